The maximum absolute atomic E-state index is 12.1. The van der Waals surface area contributed by atoms with E-state index in [9.17, 15) is 9.59 Å². The van der Waals surface area contributed by atoms with E-state index in [1.54, 1.807) is 18.2 Å². The lowest BCUT2D eigenvalue weighted by molar-refractivity contribution is -0.132. The minimum Gasteiger partial charge on any atom is -0.485 e. The molecule has 1 aliphatic rings. The fourth-order valence-corrected chi connectivity index (χ4v) is 2.46. The molecule has 2 N–H and O–H groups in total. The second-order valence-electron chi connectivity index (χ2n) is 5.43. The Morgan fingerprint density at radius 3 is 2.65 bits per heavy atom. The van der Waals surface area contributed by atoms with E-state index in [2.05, 4.69) is 31.8 Å². The SMILES string of the molecule is O=C(CNC(=O)[C@H]1COc2ccccc2O1)NN=Cc1ccc(Br)cc1. The molecule has 0 fully saturated rings. The number of amides is 2. The number of fused-ring (bicyclic) bond motifs is 1. The number of rotatable bonds is 5. The van der Waals surface area contributed by atoms with Crippen molar-refractivity contribution in [2.24, 2.45) is 5.10 Å². The number of nitrogens with zero attached hydrogens (tertiary/aromatic N) is 1. The number of benzene rings is 2. The van der Waals surface area contributed by atoms with E-state index >= 15 is 0 Å². The number of hydrazone groups is 1. The fourth-order valence-electron chi connectivity index (χ4n) is 2.20. The van der Waals surface area contributed by atoms with E-state index in [1.807, 2.05) is 30.3 Å². The highest BCUT2D eigenvalue weighted by Crippen LogP contribution is 2.30. The van der Waals surface area contributed by atoms with E-state index in [4.69, 9.17) is 9.47 Å². The standard InChI is InChI=1S/C18H16BrN3O4/c19-13-7-5-12(6-8-13)9-21-22-17(23)10-20-18(24)16-11-25-14-3-1-2-4-15(14)26-16/h1-9,16H,10-11H2,(H,20,24)(H,22,23)/t16-/m1/s1. The Labute approximate surface area is 158 Å². The maximum Gasteiger partial charge on any atom is 0.265 e. The zero-order chi connectivity index (χ0) is 18.4. The van der Waals surface area contributed by atoms with Crippen molar-refractivity contribution in [2.75, 3.05) is 13.2 Å². The predicted octanol–water partition coefficient (Wildman–Crippen LogP) is 1.86. The number of carbonyl (C=O) groups is 2. The zero-order valence-electron chi connectivity index (χ0n) is 13.6. The van der Waals surface area contributed by atoms with Crippen LogP contribution in [0.3, 0.4) is 0 Å². The highest BCUT2D eigenvalue weighted by atomic mass is 79.9. The smallest absolute Gasteiger partial charge is 0.265 e. The fraction of sp³-hybridized carbons (Fsp3) is 0.167. The van der Waals surface area contributed by atoms with Crippen molar-refractivity contribution >= 4 is 34.0 Å². The van der Waals surface area contributed by atoms with Crippen molar-refractivity contribution in [3.8, 4) is 11.5 Å². The van der Waals surface area contributed by atoms with E-state index in [-0.39, 0.29) is 13.2 Å². The molecule has 0 unspecified atom stereocenters. The van der Waals surface area contributed by atoms with Crippen LogP contribution in [-0.4, -0.2) is 37.3 Å². The lowest BCUT2D eigenvalue weighted by Gasteiger charge is -2.25. The average Bonchev–Trinajstić information content (AvgIpc) is 2.67. The van der Waals surface area contributed by atoms with Crippen molar-refractivity contribution in [2.45, 2.75) is 6.10 Å². The summed E-state index contributed by atoms with van der Waals surface area (Å²) in [6, 6.07) is 14.5. The summed E-state index contributed by atoms with van der Waals surface area (Å²) in [4.78, 5) is 23.9. The second-order valence-corrected chi connectivity index (χ2v) is 6.34. The zero-order valence-corrected chi connectivity index (χ0v) is 15.2. The second kappa shape index (κ2) is 8.48. The Bertz CT molecular complexity index is 823. The van der Waals surface area contributed by atoms with Crippen LogP contribution in [0.5, 0.6) is 11.5 Å². The van der Waals surface area contributed by atoms with Crippen LogP contribution in [0, 0.1) is 0 Å². The molecule has 0 aliphatic carbocycles. The van der Waals surface area contributed by atoms with Crippen molar-refractivity contribution in [3.05, 3.63) is 58.6 Å². The number of nitrogens with one attached hydrogen (secondary N) is 2. The van der Waals surface area contributed by atoms with Crippen molar-refractivity contribution < 1.29 is 19.1 Å². The van der Waals surface area contributed by atoms with Gasteiger partial charge < -0.3 is 14.8 Å². The first-order chi connectivity index (χ1) is 12.6. The first-order valence-corrected chi connectivity index (χ1v) is 8.65. The van der Waals surface area contributed by atoms with Crippen molar-refractivity contribution in [1.82, 2.24) is 10.7 Å². The van der Waals surface area contributed by atoms with Crippen LogP contribution in [-0.2, 0) is 9.59 Å². The Morgan fingerprint density at radius 2 is 1.88 bits per heavy atom. The van der Waals surface area contributed by atoms with Crippen LogP contribution in [0.15, 0.2) is 58.1 Å². The van der Waals surface area contributed by atoms with Crippen LogP contribution in [0.25, 0.3) is 0 Å². The summed E-state index contributed by atoms with van der Waals surface area (Å²) in [5.41, 5.74) is 3.19. The topological polar surface area (TPSA) is 89.0 Å². The number of hydrogen-bond acceptors (Lipinski definition) is 5. The van der Waals surface area contributed by atoms with Gasteiger partial charge in [-0.3, -0.25) is 9.59 Å². The molecule has 8 heteroatoms. The predicted molar refractivity (Wildman–Crippen MR) is 99.2 cm³/mol. The molecule has 1 heterocycles. The molecule has 0 radical (unpaired) electrons. The van der Waals surface area contributed by atoms with Gasteiger partial charge in [0.1, 0.15) is 6.61 Å². The molecule has 2 amide bonds. The molecule has 2 aromatic rings. The summed E-state index contributed by atoms with van der Waals surface area (Å²) in [5, 5.41) is 6.35. The molecule has 26 heavy (non-hydrogen) atoms. The molecule has 134 valence electrons. The van der Waals surface area contributed by atoms with Gasteiger partial charge in [-0.15, -0.1) is 0 Å². The van der Waals surface area contributed by atoms with Crippen LogP contribution >= 0.6 is 15.9 Å². The Kier molecular flexibility index (Phi) is 5.85. The van der Waals surface area contributed by atoms with E-state index in [0.717, 1.165) is 10.0 Å². The van der Waals surface area contributed by atoms with Crippen LogP contribution in [0.4, 0.5) is 0 Å². The summed E-state index contributed by atoms with van der Waals surface area (Å²) in [6.07, 6.45) is 0.713. The molecule has 0 saturated heterocycles. The largest absolute Gasteiger partial charge is 0.485 e. The van der Waals surface area contributed by atoms with Crippen molar-refractivity contribution in [3.63, 3.8) is 0 Å². The molecule has 7 nitrogen and oxygen atoms in total. The molecule has 0 aromatic heterocycles. The van der Waals surface area contributed by atoms with E-state index in [0.29, 0.717) is 11.5 Å². The van der Waals surface area contributed by atoms with Gasteiger partial charge in [-0.25, -0.2) is 5.43 Å². The summed E-state index contributed by atoms with van der Waals surface area (Å²) in [7, 11) is 0. The van der Waals surface area contributed by atoms with Gasteiger partial charge in [-0.05, 0) is 29.8 Å². The van der Waals surface area contributed by atoms with Gasteiger partial charge in [0.2, 0.25) is 6.10 Å². The quantitative estimate of drug-likeness (QED) is 0.573. The lowest BCUT2D eigenvalue weighted by Crippen LogP contribution is -2.46. The molecular weight excluding hydrogens is 402 g/mol. The third-order valence-electron chi connectivity index (χ3n) is 3.50. The highest BCUT2D eigenvalue weighted by Gasteiger charge is 2.27. The van der Waals surface area contributed by atoms with Crippen LogP contribution < -0.4 is 20.2 Å². The van der Waals surface area contributed by atoms with Gasteiger partial charge in [0.25, 0.3) is 11.8 Å². The number of para-hydroxylation sites is 2. The molecule has 1 aliphatic heterocycles. The average molecular weight is 418 g/mol. The van der Waals surface area contributed by atoms with E-state index < -0.39 is 17.9 Å². The van der Waals surface area contributed by atoms with Gasteiger partial charge in [-0.2, -0.15) is 5.10 Å². The van der Waals surface area contributed by atoms with Gasteiger partial charge in [0.15, 0.2) is 11.5 Å². The first kappa shape index (κ1) is 17.9. The summed E-state index contributed by atoms with van der Waals surface area (Å²) < 4.78 is 12.0. The van der Waals surface area contributed by atoms with Gasteiger partial charge in [0.05, 0.1) is 12.8 Å². The number of halogens is 1. The molecule has 2 aromatic carbocycles. The first-order valence-electron chi connectivity index (χ1n) is 7.85. The third-order valence-corrected chi connectivity index (χ3v) is 4.03. The monoisotopic (exact) mass is 417 g/mol. The maximum atomic E-state index is 12.1. The summed E-state index contributed by atoms with van der Waals surface area (Å²) in [5.74, 6) is 0.231. The van der Waals surface area contributed by atoms with Crippen molar-refractivity contribution in [1.29, 1.82) is 0 Å². The molecule has 0 saturated carbocycles. The number of ether oxygens (including phenoxy) is 2. The van der Waals surface area contributed by atoms with E-state index in [1.165, 1.54) is 6.21 Å². The van der Waals surface area contributed by atoms with Gasteiger partial charge >= 0.3 is 0 Å². The summed E-state index contributed by atoms with van der Waals surface area (Å²) >= 11 is 3.34. The minimum absolute atomic E-state index is 0.0895. The highest BCUT2D eigenvalue weighted by molar-refractivity contribution is 9.10. The number of carbonyl (C=O) groups excluding carboxylic acids is 2. The van der Waals surface area contributed by atoms with Crippen LogP contribution in [0.1, 0.15) is 5.56 Å². The Morgan fingerprint density at radius 1 is 1.15 bits per heavy atom. The minimum atomic E-state index is -0.802. The molecule has 0 bridgehead atoms. The third kappa shape index (κ3) is 4.82. The number of hydrogen-bond donors (Lipinski definition) is 2. The molecular formula is C18H16BrN3O4. The van der Waals surface area contributed by atoms with Gasteiger partial charge in [0, 0.05) is 4.47 Å². The molecule has 0 spiro atoms. The molecule has 3 rings (SSSR count). The Hall–Kier alpha value is -2.87. The Balaban J connectivity index is 1.43. The van der Waals surface area contributed by atoms with Crippen LogP contribution in [0.2, 0.25) is 0 Å². The normalized spacial score (nSPS) is 15.5. The lowest BCUT2D eigenvalue weighted by atomic mass is 10.2. The summed E-state index contributed by atoms with van der Waals surface area (Å²) in [6.45, 7) is -0.121. The van der Waals surface area contributed by atoms with Gasteiger partial charge in [-0.1, -0.05) is 40.2 Å². The molecule has 1 atom stereocenters.